The highest BCUT2D eigenvalue weighted by atomic mass is 32.2. The zero-order chi connectivity index (χ0) is 25.2. The molecule has 9 nitrogen and oxygen atoms in total. The number of ether oxygens (including phenoxy) is 1. The fourth-order valence-electron chi connectivity index (χ4n) is 4.06. The normalized spacial score (nSPS) is 17.7. The molecule has 2 aliphatic heterocycles. The van der Waals surface area contributed by atoms with Crippen LogP contribution in [0.25, 0.3) is 6.08 Å². The van der Waals surface area contributed by atoms with Crippen molar-refractivity contribution in [2.24, 2.45) is 13.0 Å². The maximum absolute atomic E-state index is 13.1. The minimum Gasteiger partial charge on any atom is -0.450 e. The van der Waals surface area contributed by atoms with Gasteiger partial charge in [0.1, 0.15) is 21.8 Å². The van der Waals surface area contributed by atoms with E-state index in [9.17, 15) is 19.6 Å². The van der Waals surface area contributed by atoms with Crippen LogP contribution in [0.4, 0.5) is 10.6 Å². The Kier molecular flexibility index (Phi) is 8.05. The fourth-order valence-corrected chi connectivity index (χ4v) is 5.32. The highest BCUT2D eigenvalue weighted by Gasteiger charge is 2.34. The maximum atomic E-state index is 13.1. The SMILES string of the molecule is CCOC(=O)N1CCN(c2c(C=C3SC(=S)N(CC(C)C)C3=O)c(C)c(C#N)c(=O)n2C)CC1. The molecule has 2 fully saturated rings. The number of hydrogen-bond donors (Lipinski definition) is 0. The molecule has 0 spiro atoms. The number of carbonyl (C=O) groups excluding carboxylic acids is 2. The van der Waals surface area contributed by atoms with Crippen LogP contribution in [-0.4, -0.2) is 70.0 Å². The van der Waals surface area contributed by atoms with Gasteiger partial charge in [-0.25, -0.2) is 4.79 Å². The Morgan fingerprint density at radius 1 is 1.26 bits per heavy atom. The number of pyridine rings is 1. The standard InChI is InChI=1S/C23H29N5O4S2/c1-6-32-22(31)27-9-7-26(8-10-27)19-16(15(4)17(12-24)20(29)25(19)5)11-18-21(30)28(13-14(2)3)23(33)34-18/h11,14H,6-10,13H2,1-5H3. The van der Waals surface area contributed by atoms with Crippen LogP contribution in [-0.2, 0) is 16.6 Å². The van der Waals surface area contributed by atoms with Crippen molar-refractivity contribution < 1.29 is 14.3 Å². The molecule has 34 heavy (non-hydrogen) atoms. The van der Waals surface area contributed by atoms with E-state index in [4.69, 9.17) is 17.0 Å². The van der Waals surface area contributed by atoms with Gasteiger partial charge in [0.05, 0.1) is 11.5 Å². The van der Waals surface area contributed by atoms with Gasteiger partial charge < -0.3 is 14.5 Å². The lowest BCUT2D eigenvalue weighted by atomic mass is 10.0. The third-order valence-electron chi connectivity index (χ3n) is 5.77. The minimum atomic E-state index is -0.396. The first kappa shape index (κ1) is 25.8. The molecular weight excluding hydrogens is 474 g/mol. The summed E-state index contributed by atoms with van der Waals surface area (Å²) in [6, 6.07) is 2.01. The summed E-state index contributed by atoms with van der Waals surface area (Å²) in [4.78, 5) is 43.8. The highest BCUT2D eigenvalue weighted by molar-refractivity contribution is 8.26. The molecule has 0 unspecified atom stereocenters. The molecule has 0 saturated carbocycles. The Balaban J connectivity index is 2.04. The molecule has 0 atom stereocenters. The third kappa shape index (κ3) is 4.98. The summed E-state index contributed by atoms with van der Waals surface area (Å²) < 4.78 is 7.05. The number of thioether (sulfide) groups is 1. The number of rotatable bonds is 5. The van der Waals surface area contributed by atoms with Crippen molar-refractivity contribution in [3.63, 3.8) is 0 Å². The maximum Gasteiger partial charge on any atom is 0.409 e. The average Bonchev–Trinajstić information content (AvgIpc) is 3.05. The second kappa shape index (κ2) is 10.6. The van der Waals surface area contributed by atoms with Crippen LogP contribution in [0, 0.1) is 24.2 Å². The molecule has 2 amide bonds. The lowest BCUT2D eigenvalue weighted by molar-refractivity contribution is -0.122. The molecule has 0 aromatic carbocycles. The summed E-state index contributed by atoms with van der Waals surface area (Å²) >= 11 is 6.66. The van der Waals surface area contributed by atoms with E-state index in [1.54, 1.807) is 36.8 Å². The average molecular weight is 504 g/mol. The van der Waals surface area contributed by atoms with E-state index < -0.39 is 5.56 Å². The van der Waals surface area contributed by atoms with Crippen LogP contribution in [0.1, 0.15) is 37.5 Å². The molecule has 0 aliphatic carbocycles. The fraction of sp³-hybridized carbons (Fsp3) is 0.522. The number of thiocarbonyl (C=S) groups is 1. The van der Waals surface area contributed by atoms with E-state index in [2.05, 4.69) is 0 Å². The van der Waals surface area contributed by atoms with E-state index in [0.29, 0.717) is 65.5 Å². The highest BCUT2D eigenvalue weighted by Crippen LogP contribution is 2.36. The van der Waals surface area contributed by atoms with Crippen LogP contribution in [0.3, 0.4) is 0 Å². The zero-order valence-electron chi connectivity index (χ0n) is 20.1. The van der Waals surface area contributed by atoms with E-state index in [1.165, 1.54) is 16.3 Å². The summed E-state index contributed by atoms with van der Waals surface area (Å²) in [6.45, 7) is 10.2. The van der Waals surface area contributed by atoms with Gasteiger partial charge in [0, 0.05) is 45.3 Å². The third-order valence-corrected chi connectivity index (χ3v) is 7.15. The van der Waals surface area contributed by atoms with Gasteiger partial charge in [-0.2, -0.15) is 5.26 Å². The van der Waals surface area contributed by atoms with Crippen molar-refractivity contribution in [2.45, 2.75) is 27.7 Å². The Labute approximate surface area is 208 Å². The van der Waals surface area contributed by atoms with Crippen molar-refractivity contribution in [1.82, 2.24) is 14.4 Å². The van der Waals surface area contributed by atoms with Gasteiger partial charge in [0.25, 0.3) is 11.5 Å². The quantitative estimate of drug-likeness (QED) is 0.447. The molecule has 0 N–H and O–H groups in total. The number of piperazine rings is 1. The van der Waals surface area contributed by atoms with Crippen molar-refractivity contribution in [2.75, 3.05) is 44.2 Å². The number of nitriles is 1. The van der Waals surface area contributed by atoms with Crippen molar-refractivity contribution in [1.29, 1.82) is 5.26 Å². The minimum absolute atomic E-state index is 0.0420. The molecule has 182 valence electrons. The Hall–Kier alpha value is -2.84. The molecule has 11 heteroatoms. The topological polar surface area (TPSA) is 98.9 Å². The molecule has 3 rings (SSSR count). The second-order valence-electron chi connectivity index (χ2n) is 8.57. The number of anilines is 1. The summed E-state index contributed by atoms with van der Waals surface area (Å²) in [5.41, 5.74) is 0.795. The molecule has 0 bridgehead atoms. The molecular formula is C23H29N5O4S2. The molecule has 3 heterocycles. The van der Waals surface area contributed by atoms with Gasteiger partial charge in [-0.3, -0.25) is 19.1 Å². The largest absolute Gasteiger partial charge is 0.450 e. The van der Waals surface area contributed by atoms with Crippen molar-refractivity contribution in [3.8, 4) is 6.07 Å². The number of hydrogen-bond acceptors (Lipinski definition) is 8. The number of carbonyl (C=O) groups is 2. The summed E-state index contributed by atoms with van der Waals surface area (Å²) in [5.74, 6) is 0.699. The summed E-state index contributed by atoms with van der Waals surface area (Å²) in [6.07, 6.45) is 1.38. The second-order valence-corrected chi connectivity index (χ2v) is 10.2. The molecule has 2 aliphatic rings. The van der Waals surface area contributed by atoms with Gasteiger partial charge in [-0.05, 0) is 31.4 Å². The van der Waals surface area contributed by atoms with Crippen LogP contribution in [0.2, 0.25) is 0 Å². The van der Waals surface area contributed by atoms with Crippen LogP contribution in [0.15, 0.2) is 9.70 Å². The van der Waals surface area contributed by atoms with Crippen molar-refractivity contribution in [3.05, 3.63) is 31.9 Å². The lowest BCUT2D eigenvalue weighted by Crippen LogP contribution is -2.50. The van der Waals surface area contributed by atoms with Gasteiger partial charge >= 0.3 is 6.09 Å². The predicted molar refractivity (Wildman–Crippen MR) is 137 cm³/mol. The number of aromatic nitrogens is 1. The molecule has 1 aromatic rings. The zero-order valence-corrected chi connectivity index (χ0v) is 21.7. The van der Waals surface area contributed by atoms with Crippen LogP contribution >= 0.6 is 24.0 Å². The smallest absolute Gasteiger partial charge is 0.409 e. The number of nitrogens with zero attached hydrogens (tertiary/aromatic N) is 5. The monoisotopic (exact) mass is 503 g/mol. The van der Waals surface area contributed by atoms with Crippen LogP contribution in [0.5, 0.6) is 0 Å². The molecule has 2 saturated heterocycles. The van der Waals surface area contributed by atoms with E-state index in [0.717, 1.165) is 0 Å². The first-order valence-electron chi connectivity index (χ1n) is 11.2. The lowest BCUT2D eigenvalue weighted by Gasteiger charge is -2.37. The van der Waals surface area contributed by atoms with Gasteiger partial charge in [0.2, 0.25) is 0 Å². The van der Waals surface area contributed by atoms with E-state index in [-0.39, 0.29) is 23.5 Å². The summed E-state index contributed by atoms with van der Waals surface area (Å²) in [5, 5.41) is 9.63. The Morgan fingerprint density at radius 3 is 2.47 bits per heavy atom. The molecule has 1 aromatic heterocycles. The number of amides is 2. The predicted octanol–water partition coefficient (Wildman–Crippen LogP) is 2.70. The van der Waals surface area contributed by atoms with Gasteiger partial charge in [0.15, 0.2) is 0 Å². The van der Waals surface area contributed by atoms with Gasteiger partial charge in [-0.1, -0.05) is 37.8 Å². The van der Waals surface area contributed by atoms with E-state index in [1.807, 2.05) is 24.8 Å². The Morgan fingerprint density at radius 2 is 1.91 bits per heavy atom. The van der Waals surface area contributed by atoms with Crippen molar-refractivity contribution >= 4 is 52.2 Å². The first-order chi connectivity index (χ1) is 16.1. The van der Waals surface area contributed by atoms with Crippen LogP contribution < -0.4 is 10.5 Å². The summed E-state index contributed by atoms with van der Waals surface area (Å²) in [7, 11) is 1.62. The Bertz CT molecular complexity index is 1140. The van der Waals surface area contributed by atoms with Gasteiger partial charge in [-0.15, -0.1) is 0 Å². The molecule has 0 radical (unpaired) electrons. The first-order valence-corrected chi connectivity index (χ1v) is 12.4. The van der Waals surface area contributed by atoms with E-state index >= 15 is 0 Å².